The van der Waals surface area contributed by atoms with Gasteiger partial charge in [0.2, 0.25) is 0 Å². The standard InChI is InChI=1S/C16H17FN4O4S/c1-10(14(23)20-15(24)18-2)25-13(22)9-26-16-19-6-7-21(16)12-5-3-4-11(17)8-12/h3-8,10H,9H2,1-2H3,(H2,18,20,23,24)/t10-/m1/s1. The van der Waals surface area contributed by atoms with Crippen LogP contribution in [0.25, 0.3) is 5.69 Å². The molecule has 0 aliphatic heterocycles. The van der Waals surface area contributed by atoms with Crippen molar-refractivity contribution in [3.63, 3.8) is 0 Å². The molecule has 0 aliphatic carbocycles. The van der Waals surface area contributed by atoms with Crippen molar-refractivity contribution in [2.45, 2.75) is 18.2 Å². The van der Waals surface area contributed by atoms with Gasteiger partial charge in [-0.1, -0.05) is 17.8 Å². The average molecular weight is 380 g/mol. The number of ether oxygens (including phenoxy) is 1. The minimum atomic E-state index is -1.12. The van der Waals surface area contributed by atoms with Crippen LogP contribution in [0.15, 0.2) is 41.8 Å². The van der Waals surface area contributed by atoms with Crippen LogP contribution in [0.2, 0.25) is 0 Å². The van der Waals surface area contributed by atoms with Crippen LogP contribution in [0.5, 0.6) is 0 Å². The van der Waals surface area contributed by atoms with Gasteiger partial charge >= 0.3 is 12.0 Å². The van der Waals surface area contributed by atoms with Crippen molar-refractivity contribution in [1.82, 2.24) is 20.2 Å². The normalized spacial score (nSPS) is 11.5. The van der Waals surface area contributed by atoms with E-state index < -0.39 is 24.0 Å². The van der Waals surface area contributed by atoms with Gasteiger partial charge in [-0.05, 0) is 25.1 Å². The van der Waals surface area contributed by atoms with E-state index in [-0.39, 0.29) is 11.6 Å². The third kappa shape index (κ3) is 5.31. The number of nitrogens with zero attached hydrogens (tertiary/aromatic N) is 2. The molecule has 3 amide bonds. The molecule has 0 unspecified atom stereocenters. The largest absolute Gasteiger partial charge is 0.452 e. The fourth-order valence-corrected chi connectivity index (χ4v) is 2.66. The molecule has 0 aliphatic rings. The van der Waals surface area contributed by atoms with Crippen molar-refractivity contribution in [3.05, 3.63) is 42.5 Å². The summed E-state index contributed by atoms with van der Waals surface area (Å²) in [4.78, 5) is 38.7. The second-order valence-electron chi connectivity index (χ2n) is 5.05. The van der Waals surface area contributed by atoms with Crippen molar-refractivity contribution in [2.75, 3.05) is 12.8 Å². The highest BCUT2D eigenvalue weighted by atomic mass is 32.2. The Labute approximate surface area is 153 Å². The first kappa shape index (κ1) is 19.4. The third-order valence-electron chi connectivity index (χ3n) is 3.15. The average Bonchev–Trinajstić information content (AvgIpc) is 3.08. The topological polar surface area (TPSA) is 102 Å². The van der Waals surface area contributed by atoms with Gasteiger partial charge in [0.25, 0.3) is 5.91 Å². The van der Waals surface area contributed by atoms with Gasteiger partial charge in [-0.2, -0.15) is 0 Å². The Hall–Kier alpha value is -2.88. The number of halogens is 1. The molecule has 0 saturated carbocycles. The summed E-state index contributed by atoms with van der Waals surface area (Å²) in [5.41, 5.74) is 0.566. The van der Waals surface area contributed by atoms with E-state index in [1.54, 1.807) is 22.9 Å². The first-order chi connectivity index (χ1) is 12.4. The second-order valence-corrected chi connectivity index (χ2v) is 5.99. The molecular formula is C16H17FN4O4S. The summed E-state index contributed by atoms with van der Waals surface area (Å²) < 4.78 is 20.0. The molecule has 26 heavy (non-hydrogen) atoms. The molecule has 0 saturated heterocycles. The summed E-state index contributed by atoms with van der Waals surface area (Å²) in [7, 11) is 1.36. The summed E-state index contributed by atoms with van der Waals surface area (Å²) in [6, 6.07) is 5.26. The van der Waals surface area contributed by atoms with Crippen LogP contribution in [-0.4, -0.2) is 46.4 Å². The van der Waals surface area contributed by atoms with E-state index in [0.717, 1.165) is 11.8 Å². The number of thioether (sulfide) groups is 1. The lowest BCUT2D eigenvalue weighted by molar-refractivity contribution is -0.151. The third-order valence-corrected chi connectivity index (χ3v) is 4.09. The van der Waals surface area contributed by atoms with Gasteiger partial charge < -0.3 is 10.1 Å². The Morgan fingerprint density at radius 3 is 2.85 bits per heavy atom. The smallest absolute Gasteiger partial charge is 0.321 e. The van der Waals surface area contributed by atoms with Gasteiger partial charge in [0, 0.05) is 19.4 Å². The molecule has 0 bridgehead atoms. The zero-order valence-electron chi connectivity index (χ0n) is 14.1. The van der Waals surface area contributed by atoms with Crippen LogP contribution in [0.1, 0.15) is 6.92 Å². The van der Waals surface area contributed by atoms with Crippen LogP contribution in [0.3, 0.4) is 0 Å². The fourth-order valence-electron chi connectivity index (χ4n) is 1.90. The maximum atomic E-state index is 13.4. The van der Waals surface area contributed by atoms with Crippen LogP contribution < -0.4 is 10.6 Å². The van der Waals surface area contributed by atoms with Crippen molar-refractivity contribution in [3.8, 4) is 5.69 Å². The van der Waals surface area contributed by atoms with E-state index in [0.29, 0.717) is 10.8 Å². The first-order valence-electron chi connectivity index (χ1n) is 7.55. The number of hydrogen-bond donors (Lipinski definition) is 2. The molecule has 2 N–H and O–H groups in total. The first-order valence-corrected chi connectivity index (χ1v) is 8.53. The number of aromatic nitrogens is 2. The molecule has 2 rings (SSSR count). The lowest BCUT2D eigenvalue weighted by atomic mass is 10.3. The lowest BCUT2D eigenvalue weighted by Gasteiger charge is -2.12. The molecule has 10 heteroatoms. The molecule has 0 spiro atoms. The Morgan fingerprint density at radius 1 is 1.38 bits per heavy atom. The molecule has 1 aromatic heterocycles. The molecule has 1 heterocycles. The number of urea groups is 1. The summed E-state index contributed by atoms with van der Waals surface area (Å²) in [5.74, 6) is -1.88. The van der Waals surface area contributed by atoms with Crippen molar-refractivity contribution >= 4 is 29.7 Å². The number of benzene rings is 1. The van der Waals surface area contributed by atoms with Gasteiger partial charge in [0.05, 0.1) is 11.4 Å². The minimum Gasteiger partial charge on any atom is -0.452 e. The number of imide groups is 1. The van der Waals surface area contributed by atoms with Crippen LogP contribution in [-0.2, 0) is 14.3 Å². The quantitative estimate of drug-likeness (QED) is 0.582. The van der Waals surface area contributed by atoms with Crippen LogP contribution >= 0.6 is 11.8 Å². The predicted molar refractivity (Wildman–Crippen MR) is 92.4 cm³/mol. The van der Waals surface area contributed by atoms with Gasteiger partial charge in [0.15, 0.2) is 11.3 Å². The number of carbonyl (C=O) groups is 3. The Morgan fingerprint density at radius 2 is 2.15 bits per heavy atom. The number of imidazole rings is 1. The molecule has 8 nitrogen and oxygen atoms in total. The number of amides is 3. The zero-order valence-corrected chi connectivity index (χ0v) is 14.9. The monoisotopic (exact) mass is 380 g/mol. The molecule has 1 aromatic carbocycles. The van der Waals surface area contributed by atoms with Crippen LogP contribution in [0, 0.1) is 5.82 Å². The molecule has 2 aromatic rings. The fraction of sp³-hybridized carbons (Fsp3) is 0.250. The van der Waals surface area contributed by atoms with Gasteiger partial charge in [0.1, 0.15) is 5.82 Å². The van der Waals surface area contributed by atoms with Crippen LogP contribution in [0.4, 0.5) is 9.18 Å². The van der Waals surface area contributed by atoms with Gasteiger partial charge in [-0.25, -0.2) is 14.2 Å². The number of rotatable bonds is 6. The van der Waals surface area contributed by atoms with E-state index in [9.17, 15) is 18.8 Å². The number of hydrogen-bond acceptors (Lipinski definition) is 6. The second kappa shape index (κ2) is 8.99. The Balaban J connectivity index is 1.91. The number of carbonyl (C=O) groups excluding carboxylic acids is 3. The summed E-state index contributed by atoms with van der Waals surface area (Å²) in [6.45, 7) is 1.36. The molecular weight excluding hydrogens is 363 g/mol. The maximum Gasteiger partial charge on any atom is 0.321 e. The van der Waals surface area contributed by atoms with E-state index >= 15 is 0 Å². The van der Waals surface area contributed by atoms with E-state index in [1.807, 2.05) is 5.32 Å². The highest BCUT2D eigenvalue weighted by Gasteiger charge is 2.20. The highest BCUT2D eigenvalue weighted by molar-refractivity contribution is 7.99. The van der Waals surface area contributed by atoms with Crippen molar-refractivity contribution < 1.29 is 23.5 Å². The molecule has 1 atom stereocenters. The Kier molecular flexibility index (Phi) is 6.73. The molecule has 138 valence electrons. The summed E-state index contributed by atoms with van der Waals surface area (Å²) in [6.07, 6.45) is 2.04. The minimum absolute atomic E-state index is 0.107. The zero-order chi connectivity index (χ0) is 19.1. The number of nitrogens with one attached hydrogen (secondary N) is 2. The van der Waals surface area contributed by atoms with Gasteiger partial charge in [-0.15, -0.1) is 0 Å². The highest BCUT2D eigenvalue weighted by Crippen LogP contribution is 2.21. The SMILES string of the molecule is CNC(=O)NC(=O)[C@@H](C)OC(=O)CSc1nccn1-c1cccc(F)c1. The van der Waals surface area contributed by atoms with E-state index in [4.69, 9.17) is 4.74 Å². The Bertz CT molecular complexity index is 811. The lowest BCUT2D eigenvalue weighted by Crippen LogP contribution is -2.43. The predicted octanol–water partition coefficient (Wildman–Crippen LogP) is 1.49. The maximum absolute atomic E-state index is 13.4. The summed E-state index contributed by atoms with van der Waals surface area (Å²) >= 11 is 1.08. The van der Waals surface area contributed by atoms with Crippen molar-refractivity contribution in [2.24, 2.45) is 0 Å². The van der Waals surface area contributed by atoms with Gasteiger partial charge in [-0.3, -0.25) is 19.5 Å². The molecule has 0 radical (unpaired) electrons. The summed E-state index contributed by atoms with van der Waals surface area (Å²) in [5, 5.41) is 4.70. The van der Waals surface area contributed by atoms with Crippen molar-refractivity contribution in [1.29, 1.82) is 0 Å². The van der Waals surface area contributed by atoms with E-state index in [1.165, 1.54) is 32.3 Å². The molecule has 0 fully saturated rings. The van der Waals surface area contributed by atoms with E-state index in [2.05, 4.69) is 10.3 Å². The number of esters is 1.